The molecule has 1 atom stereocenters. The van der Waals surface area contributed by atoms with Gasteiger partial charge < -0.3 is 10.1 Å². The molecule has 0 spiro atoms. The van der Waals surface area contributed by atoms with Crippen LogP contribution in [0.5, 0.6) is 0 Å². The molecular weight excluding hydrogens is 286 g/mol. The largest absolute Gasteiger partial charge is 0.455 e. The third-order valence-electron chi connectivity index (χ3n) is 3.45. The van der Waals surface area contributed by atoms with E-state index in [0.717, 1.165) is 30.6 Å². The lowest BCUT2D eigenvalue weighted by molar-refractivity contribution is -0.147. The number of hydrogen-bond donors (Lipinski definition) is 1. The van der Waals surface area contributed by atoms with Gasteiger partial charge in [0.15, 0.2) is 6.61 Å². The van der Waals surface area contributed by atoms with Gasteiger partial charge in [-0.2, -0.15) is 0 Å². The molecule has 1 aliphatic rings. The van der Waals surface area contributed by atoms with Crippen molar-refractivity contribution in [2.24, 2.45) is 0 Å². The average Bonchev–Trinajstić information content (AvgIpc) is 2.98. The van der Waals surface area contributed by atoms with Gasteiger partial charge in [-0.3, -0.25) is 9.59 Å². The van der Waals surface area contributed by atoms with Crippen LogP contribution >= 0.6 is 11.8 Å². The smallest absolute Gasteiger partial charge is 0.319 e. The molecule has 0 heterocycles. The van der Waals surface area contributed by atoms with Crippen molar-refractivity contribution < 1.29 is 14.3 Å². The molecule has 4 nitrogen and oxygen atoms in total. The van der Waals surface area contributed by atoms with Crippen LogP contribution in [0.2, 0.25) is 0 Å². The second-order valence-electron chi connectivity index (χ2n) is 5.23. The number of rotatable bonds is 6. The van der Waals surface area contributed by atoms with Crippen LogP contribution in [-0.4, -0.2) is 29.8 Å². The molecule has 114 valence electrons. The second kappa shape index (κ2) is 8.08. The van der Waals surface area contributed by atoms with Crippen molar-refractivity contribution >= 4 is 23.6 Å². The highest BCUT2D eigenvalue weighted by Crippen LogP contribution is 2.23. The SMILES string of the molecule is C[C@H](Sc1ccccc1)C(=O)OCC(=O)NC1CCCC1. The van der Waals surface area contributed by atoms with Gasteiger partial charge in [0.1, 0.15) is 5.25 Å². The molecule has 1 aliphatic carbocycles. The minimum absolute atomic E-state index is 0.185. The zero-order valence-electron chi connectivity index (χ0n) is 12.2. The molecule has 1 aromatic rings. The lowest BCUT2D eigenvalue weighted by Crippen LogP contribution is -2.36. The standard InChI is InChI=1S/C16H21NO3S/c1-12(21-14-9-3-2-4-10-14)16(19)20-11-15(18)17-13-7-5-6-8-13/h2-4,9-10,12-13H,5-8,11H2,1H3,(H,17,18)/t12-/m0/s1. The number of carbonyl (C=O) groups excluding carboxylic acids is 2. The van der Waals surface area contributed by atoms with Gasteiger partial charge >= 0.3 is 5.97 Å². The van der Waals surface area contributed by atoms with Crippen molar-refractivity contribution in [1.29, 1.82) is 0 Å². The van der Waals surface area contributed by atoms with Crippen molar-refractivity contribution in [3.8, 4) is 0 Å². The molecule has 2 rings (SSSR count). The molecule has 0 radical (unpaired) electrons. The molecule has 1 N–H and O–H groups in total. The van der Waals surface area contributed by atoms with Gasteiger partial charge in [-0.05, 0) is 31.9 Å². The fraction of sp³-hybridized carbons (Fsp3) is 0.500. The minimum Gasteiger partial charge on any atom is -0.455 e. The summed E-state index contributed by atoms with van der Waals surface area (Å²) in [7, 11) is 0. The molecular formula is C16H21NO3S. The molecule has 0 bridgehead atoms. The number of nitrogens with one attached hydrogen (secondary N) is 1. The van der Waals surface area contributed by atoms with E-state index in [0.29, 0.717) is 0 Å². The second-order valence-corrected chi connectivity index (χ2v) is 6.64. The summed E-state index contributed by atoms with van der Waals surface area (Å²) in [5, 5.41) is 2.57. The number of carbonyl (C=O) groups is 2. The lowest BCUT2D eigenvalue weighted by Gasteiger charge is -2.14. The Labute approximate surface area is 129 Å². The molecule has 21 heavy (non-hydrogen) atoms. The Morgan fingerprint density at radius 3 is 2.62 bits per heavy atom. The van der Waals surface area contributed by atoms with Gasteiger partial charge in [-0.1, -0.05) is 31.0 Å². The van der Waals surface area contributed by atoms with Crippen molar-refractivity contribution in [3.63, 3.8) is 0 Å². The number of thioether (sulfide) groups is 1. The fourth-order valence-corrected chi connectivity index (χ4v) is 3.23. The Morgan fingerprint density at radius 1 is 1.29 bits per heavy atom. The van der Waals surface area contributed by atoms with Crippen LogP contribution in [0.3, 0.4) is 0 Å². The van der Waals surface area contributed by atoms with E-state index in [1.54, 1.807) is 6.92 Å². The molecule has 0 saturated heterocycles. The lowest BCUT2D eigenvalue weighted by atomic mass is 10.2. The van der Waals surface area contributed by atoms with E-state index in [1.165, 1.54) is 11.8 Å². The number of benzene rings is 1. The highest BCUT2D eigenvalue weighted by molar-refractivity contribution is 8.00. The molecule has 5 heteroatoms. The van der Waals surface area contributed by atoms with Crippen molar-refractivity contribution in [2.45, 2.75) is 48.8 Å². The van der Waals surface area contributed by atoms with E-state index < -0.39 is 0 Å². The van der Waals surface area contributed by atoms with Crippen molar-refractivity contribution in [3.05, 3.63) is 30.3 Å². The number of ether oxygens (including phenoxy) is 1. The first-order valence-corrected chi connectivity index (χ1v) is 8.21. The maximum atomic E-state index is 11.9. The summed E-state index contributed by atoms with van der Waals surface area (Å²) in [4.78, 5) is 24.6. The van der Waals surface area contributed by atoms with E-state index >= 15 is 0 Å². The zero-order chi connectivity index (χ0) is 15.1. The zero-order valence-corrected chi connectivity index (χ0v) is 13.0. The highest BCUT2D eigenvalue weighted by atomic mass is 32.2. The number of hydrogen-bond acceptors (Lipinski definition) is 4. The molecule has 1 fully saturated rings. The van der Waals surface area contributed by atoms with Crippen LogP contribution in [0.25, 0.3) is 0 Å². The quantitative estimate of drug-likeness (QED) is 0.648. The van der Waals surface area contributed by atoms with Gasteiger partial charge in [-0.25, -0.2) is 0 Å². The van der Waals surface area contributed by atoms with Gasteiger partial charge in [0.25, 0.3) is 5.91 Å². The van der Waals surface area contributed by atoms with Crippen molar-refractivity contribution in [1.82, 2.24) is 5.32 Å². The van der Waals surface area contributed by atoms with Gasteiger partial charge in [0.2, 0.25) is 0 Å². The maximum Gasteiger partial charge on any atom is 0.319 e. The third-order valence-corrected chi connectivity index (χ3v) is 4.54. The van der Waals surface area contributed by atoms with Gasteiger partial charge in [0, 0.05) is 10.9 Å². The van der Waals surface area contributed by atoms with Crippen LogP contribution in [0.15, 0.2) is 35.2 Å². The average molecular weight is 307 g/mol. The summed E-state index contributed by atoms with van der Waals surface area (Å²) >= 11 is 1.43. The van der Waals surface area contributed by atoms with Crippen LogP contribution < -0.4 is 5.32 Å². The van der Waals surface area contributed by atoms with Crippen molar-refractivity contribution in [2.75, 3.05) is 6.61 Å². The van der Waals surface area contributed by atoms with E-state index in [2.05, 4.69) is 5.32 Å². The topological polar surface area (TPSA) is 55.4 Å². The Balaban J connectivity index is 1.69. The van der Waals surface area contributed by atoms with E-state index in [-0.39, 0.29) is 29.8 Å². The predicted molar refractivity (Wildman–Crippen MR) is 83.1 cm³/mol. The van der Waals surface area contributed by atoms with Gasteiger partial charge in [-0.15, -0.1) is 11.8 Å². The first-order valence-electron chi connectivity index (χ1n) is 7.33. The first-order chi connectivity index (χ1) is 10.1. The normalized spacial score (nSPS) is 16.4. The molecule has 1 saturated carbocycles. The number of esters is 1. The monoisotopic (exact) mass is 307 g/mol. The Morgan fingerprint density at radius 2 is 1.95 bits per heavy atom. The molecule has 1 amide bonds. The summed E-state index contributed by atoms with van der Waals surface area (Å²) in [5.74, 6) is -0.558. The van der Waals surface area contributed by atoms with Gasteiger partial charge in [0.05, 0.1) is 0 Å². The summed E-state index contributed by atoms with van der Waals surface area (Å²) < 4.78 is 5.08. The summed E-state index contributed by atoms with van der Waals surface area (Å²) in [5.41, 5.74) is 0. The molecule has 0 aliphatic heterocycles. The Kier molecular flexibility index (Phi) is 6.11. The molecule has 1 aromatic carbocycles. The predicted octanol–water partition coefficient (Wildman–Crippen LogP) is 2.77. The van der Waals surface area contributed by atoms with Crippen LogP contribution in [0, 0.1) is 0 Å². The van der Waals surface area contributed by atoms with Crippen LogP contribution in [-0.2, 0) is 14.3 Å². The minimum atomic E-state index is -0.356. The van der Waals surface area contributed by atoms with Crippen LogP contribution in [0.4, 0.5) is 0 Å². The molecule has 0 unspecified atom stereocenters. The van der Waals surface area contributed by atoms with E-state index in [4.69, 9.17) is 4.74 Å². The summed E-state index contributed by atoms with van der Waals surface area (Å²) in [6.45, 7) is 1.60. The summed E-state index contributed by atoms with van der Waals surface area (Å²) in [6, 6.07) is 9.93. The van der Waals surface area contributed by atoms with E-state index in [1.807, 2.05) is 30.3 Å². The Hall–Kier alpha value is -1.49. The fourth-order valence-electron chi connectivity index (χ4n) is 2.34. The first kappa shape index (κ1) is 15.9. The third kappa shape index (κ3) is 5.42. The molecule has 0 aromatic heterocycles. The maximum absolute atomic E-state index is 11.9. The highest BCUT2D eigenvalue weighted by Gasteiger charge is 2.20. The van der Waals surface area contributed by atoms with Crippen LogP contribution in [0.1, 0.15) is 32.6 Å². The number of amides is 1. The van der Waals surface area contributed by atoms with E-state index in [9.17, 15) is 9.59 Å². The Bertz CT molecular complexity index is 472. The summed E-state index contributed by atoms with van der Waals surface area (Å²) in [6.07, 6.45) is 4.38.